The minimum absolute atomic E-state index is 0.649. The molecule has 1 N–H and O–H groups in total. The molecule has 0 spiro atoms. The molecule has 0 aliphatic carbocycles. The molecule has 3 nitrogen and oxygen atoms in total. The molecule has 0 aromatic heterocycles. The Kier molecular flexibility index (Phi) is 4.75. The minimum Gasteiger partial charge on any atom is -0.207 e. The predicted octanol–water partition coefficient (Wildman–Crippen LogP) is 3.77. The molecule has 0 bridgehead atoms. The number of hydrogen-bond acceptors (Lipinski definition) is 2. The van der Waals surface area contributed by atoms with Crippen LogP contribution in [0.5, 0.6) is 0 Å². The zero-order valence-corrected chi connectivity index (χ0v) is 13.4. The van der Waals surface area contributed by atoms with E-state index in [4.69, 9.17) is 0 Å². The Morgan fingerprint density at radius 2 is 1.62 bits per heavy atom. The van der Waals surface area contributed by atoms with Crippen molar-refractivity contribution in [2.24, 2.45) is 0 Å². The molecule has 0 fully saturated rings. The molecule has 0 saturated heterocycles. The van der Waals surface area contributed by atoms with Crippen LogP contribution in [-0.4, -0.2) is 8.42 Å². The summed E-state index contributed by atoms with van der Waals surface area (Å²) < 4.78 is 54.5. The number of nitrogens with one attached hydrogen (secondary N) is 1. The summed E-state index contributed by atoms with van der Waals surface area (Å²) in [6.07, 6.45) is 0. The number of halogens is 3. The van der Waals surface area contributed by atoms with Crippen LogP contribution in [0.25, 0.3) is 0 Å². The van der Waals surface area contributed by atoms with E-state index in [0.717, 1.165) is 18.2 Å². The SMILES string of the molecule is C[C@H](NS(=O)(=O)c1c(F)cccc1F)c1ccccc1Br. The van der Waals surface area contributed by atoms with Gasteiger partial charge in [-0.15, -0.1) is 0 Å². The van der Waals surface area contributed by atoms with Gasteiger partial charge in [0.15, 0.2) is 4.90 Å². The predicted molar refractivity (Wildman–Crippen MR) is 79.2 cm³/mol. The fourth-order valence-corrected chi connectivity index (χ4v) is 3.91. The van der Waals surface area contributed by atoms with E-state index in [1.807, 2.05) is 0 Å². The molecular weight excluding hydrogens is 364 g/mol. The molecule has 0 heterocycles. The Morgan fingerprint density at radius 3 is 2.19 bits per heavy atom. The van der Waals surface area contributed by atoms with Gasteiger partial charge in [-0.2, -0.15) is 0 Å². The molecule has 7 heteroatoms. The summed E-state index contributed by atoms with van der Waals surface area (Å²) in [6.45, 7) is 1.59. The van der Waals surface area contributed by atoms with Gasteiger partial charge in [0.2, 0.25) is 10.0 Å². The second-order valence-electron chi connectivity index (χ2n) is 4.42. The van der Waals surface area contributed by atoms with Gasteiger partial charge in [0.05, 0.1) is 0 Å². The van der Waals surface area contributed by atoms with Gasteiger partial charge in [-0.05, 0) is 30.7 Å². The van der Waals surface area contributed by atoms with Gasteiger partial charge in [-0.3, -0.25) is 0 Å². The first-order valence-corrected chi connectivity index (χ1v) is 8.31. The lowest BCUT2D eigenvalue weighted by atomic mass is 10.1. The van der Waals surface area contributed by atoms with E-state index in [2.05, 4.69) is 20.7 Å². The van der Waals surface area contributed by atoms with Crippen LogP contribution in [0.1, 0.15) is 18.5 Å². The van der Waals surface area contributed by atoms with Crippen LogP contribution in [0, 0.1) is 11.6 Å². The van der Waals surface area contributed by atoms with Gasteiger partial charge in [-0.1, -0.05) is 40.2 Å². The van der Waals surface area contributed by atoms with E-state index in [1.54, 1.807) is 31.2 Å². The lowest BCUT2D eigenvalue weighted by molar-refractivity contribution is 0.509. The molecule has 1 atom stereocenters. The second kappa shape index (κ2) is 6.21. The Hall–Kier alpha value is -1.31. The molecule has 0 radical (unpaired) electrons. The van der Waals surface area contributed by atoms with Crippen LogP contribution in [0.15, 0.2) is 51.8 Å². The van der Waals surface area contributed by atoms with Crippen LogP contribution in [0.4, 0.5) is 8.78 Å². The van der Waals surface area contributed by atoms with Crippen molar-refractivity contribution < 1.29 is 17.2 Å². The van der Waals surface area contributed by atoms with E-state index >= 15 is 0 Å². The maximum Gasteiger partial charge on any atom is 0.246 e. The van der Waals surface area contributed by atoms with Crippen LogP contribution >= 0.6 is 15.9 Å². The molecular formula is C14H12BrF2NO2S. The van der Waals surface area contributed by atoms with Crippen LogP contribution in [-0.2, 0) is 10.0 Å². The van der Waals surface area contributed by atoms with E-state index in [9.17, 15) is 17.2 Å². The summed E-state index contributed by atoms with van der Waals surface area (Å²) in [5, 5.41) is 0. The monoisotopic (exact) mass is 375 g/mol. The van der Waals surface area contributed by atoms with Crippen molar-refractivity contribution in [3.05, 3.63) is 64.1 Å². The van der Waals surface area contributed by atoms with Gasteiger partial charge in [-0.25, -0.2) is 21.9 Å². The topological polar surface area (TPSA) is 46.2 Å². The Labute approximate surface area is 130 Å². The van der Waals surface area contributed by atoms with Crippen molar-refractivity contribution in [1.29, 1.82) is 0 Å². The second-order valence-corrected chi connectivity index (χ2v) is 6.92. The zero-order chi connectivity index (χ0) is 15.6. The molecule has 0 aliphatic heterocycles. The van der Waals surface area contributed by atoms with Crippen molar-refractivity contribution >= 4 is 26.0 Å². The summed E-state index contributed by atoms with van der Waals surface area (Å²) in [5.41, 5.74) is 0.665. The maximum absolute atomic E-state index is 13.6. The van der Waals surface area contributed by atoms with Crippen molar-refractivity contribution in [3.8, 4) is 0 Å². The van der Waals surface area contributed by atoms with Gasteiger partial charge >= 0.3 is 0 Å². The third-order valence-electron chi connectivity index (χ3n) is 2.89. The molecule has 2 aromatic rings. The lowest BCUT2D eigenvalue weighted by Crippen LogP contribution is -2.28. The lowest BCUT2D eigenvalue weighted by Gasteiger charge is -2.16. The molecule has 0 amide bonds. The highest BCUT2D eigenvalue weighted by Crippen LogP contribution is 2.25. The number of benzene rings is 2. The largest absolute Gasteiger partial charge is 0.246 e. The smallest absolute Gasteiger partial charge is 0.207 e. The highest BCUT2D eigenvalue weighted by Gasteiger charge is 2.26. The molecule has 2 aromatic carbocycles. The minimum atomic E-state index is -4.31. The molecule has 21 heavy (non-hydrogen) atoms. The summed E-state index contributed by atoms with van der Waals surface area (Å²) in [6, 6.07) is 9.27. The van der Waals surface area contributed by atoms with Gasteiger partial charge in [0.25, 0.3) is 0 Å². The van der Waals surface area contributed by atoms with Crippen molar-refractivity contribution in [2.45, 2.75) is 17.9 Å². The first kappa shape index (κ1) is 16.1. The standard InChI is InChI=1S/C14H12BrF2NO2S/c1-9(10-5-2-3-6-11(10)15)18-21(19,20)14-12(16)7-4-8-13(14)17/h2-9,18H,1H3/t9-/m0/s1. The molecule has 0 saturated carbocycles. The van der Waals surface area contributed by atoms with Crippen LogP contribution < -0.4 is 4.72 Å². The van der Waals surface area contributed by atoms with Crippen molar-refractivity contribution in [1.82, 2.24) is 4.72 Å². The molecule has 112 valence electrons. The van der Waals surface area contributed by atoms with E-state index in [1.165, 1.54) is 0 Å². The van der Waals surface area contributed by atoms with Crippen LogP contribution in [0.3, 0.4) is 0 Å². The summed E-state index contributed by atoms with van der Waals surface area (Å²) in [7, 11) is -4.31. The number of hydrogen-bond donors (Lipinski definition) is 1. The Morgan fingerprint density at radius 1 is 1.05 bits per heavy atom. The van der Waals surface area contributed by atoms with E-state index in [-0.39, 0.29) is 0 Å². The third kappa shape index (κ3) is 3.48. The van der Waals surface area contributed by atoms with Crippen LogP contribution in [0.2, 0.25) is 0 Å². The van der Waals surface area contributed by atoms with Gasteiger partial charge in [0, 0.05) is 10.5 Å². The average molecular weight is 376 g/mol. The Bertz CT molecular complexity index is 745. The fourth-order valence-electron chi connectivity index (χ4n) is 1.92. The zero-order valence-electron chi connectivity index (χ0n) is 11.0. The normalized spacial score (nSPS) is 13.1. The highest BCUT2D eigenvalue weighted by atomic mass is 79.9. The summed E-state index contributed by atoms with van der Waals surface area (Å²) in [5.74, 6) is -2.25. The first-order valence-electron chi connectivity index (χ1n) is 6.03. The number of sulfonamides is 1. The third-order valence-corrected chi connectivity index (χ3v) is 5.20. The summed E-state index contributed by atoms with van der Waals surface area (Å²) >= 11 is 3.31. The molecule has 0 aliphatic rings. The Balaban J connectivity index is 2.36. The number of rotatable bonds is 4. The van der Waals surface area contributed by atoms with Crippen molar-refractivity contribution in [2.75, 3.05) is 0 Å². The summed E-state index contributed by atoms with van der Waals surface area (Å²) in [4.78, 5) is -0.969. The first-order chi connectivity index (χ1) is 9.83. The van der Waals surface area contributed by atoms with Crippen molar-refractivity contribution in [3.63, 3.8) is 0 Å². The maximum atomic E-state index is 13.6. The van der Waals surface area contributed by atoms with E-state index in [0.29, 0.717) is 10.0 Å². The fraction of sp³-hybridized carbons (Fsp3) is 0.143. The molecule has 2 rings (SSSR count). The van der Waals surface area contributed by atoms with Gasteiger partial charge < -0.3 is 0 Å². The van der Waals surface area contributed by atoms with E-state index < -0.39 is 32.6 Å². The highest BCUT2D eigenvalue weighted by molar-refractivity contribution is 9.10. The quantitative estimate of drug-likeness (QED) is 0.883. The average Bonchev–Trinajstić information content (AvgIpc) is 2.37. The van der Waals surface area contributed by atoms with Gasteiger partial charge in [0.1, 0.15) is 11.6 Å². The molecule has 0 unspecified atom stereocenters.